The fourth-order valence-electron chi connectivity index (χ4n) is 2.05. The van der Waals surface area contributed by atoms with E-state index in [0.29, 0.717) is 0 Å². The molecule has 0 saturated heterocycles. The molecule has 0 amide bonds. The van der Waals surface area contributed by atoms with E-state index < -0.39 is 10.0 Å². The van der Waals surface area contributed by atoms with Gasteiger partial charge in [0.15, 0.2) is 0 Å². The zero-order valence-electron chi connectivity index (χ0n) is 9.87. The molecule has 1 aliphatic heterocycles. The van der Waals surface area contributed by atoms with Crippen molar-refractivity contribution in [2.24, 2.45) is 5.14 Å². The van der Waals surface area contributed by atoms with Crippen LogP contribution >= 0.6 is 0 Å². The van der Waals surface area contributed by atoms with Crippen molar-refractivity contribution in [2.45, 2.75) is 4.90 Å². The number of primary sulfonamides is 1. The van der Waals surface area contributed by atoms with Gasteiger partial charge in [0.05, 0.1) is 4.90 Å². The van der Waals surface area contributed by atoms with Crippen molar-refractivity contribution in [2.75, 3.05) is 0 Å². The topological polar surface area (TPSA) is 85.1 Å². The molecule has 0 atom stereocenters. The van der Waals surface area contributed by atoms with Gasteiger partial charge in [-0.15, -0.1) is 0 Å². The Hall–Kier alpha value is -2.18. The molecule has 2 heterocycles. The number of rotatable bonds is 1. The third-order valence-electron chi connectivity index (χ3n) is 2.98. The maximum Gasteiger partial charge on any atom is 0.238 e. The van der Waals surface area contributed by atoms with Crippen LogP contribution in [0, 0.1) is 10.4 Å². The van der Waals surface area contributed by atoms with Crippen LogP contribution in [0.4, 0.5) is 0 Å². The number of sulfonamides is 1. The third kappa shape index (κ3) is 2.11. The predicted octanol–water partition coefficient (Wildman–Crippen LogP) is -0.905. The third-order valence-corrected chi connectivity index (χ3v) is 3.89. The minimum absolute atomic E-state index is 0.0938. The number of hydrogen-bond donors (Lipinski definition) is 2. The summed E-state index contributed by atoms with van der Waals surface area (Å²) in [6.07, 6.45) is 7.04. The van der Waals surface area contributed by atoms with Gasteiger partial charge in [-0.1, -0.05) is 6.07 Å². The van der Waals surface area contributed by atoms with Gasteiger partial charge in [0, 0.05) is 35.2 Å². The molecule has 1 aromatic carbocycles. The van der Waals surface area contributed by atoms with Crippen molar-refractivity contribution in [3.05, 3.63) is 57.5 Å². The SMILES string of the molecule is NS(=O)(=O)c1ccc2c(c1)=c1cnccc1=CNC=2. The zero-order chi connectivity index (χ0) is 13.5. The maximum absolute atomic E-state index is 11.4. The second-order valence-corrected chi connectivity index (χ2v) is 5.77. The van der Waals surface area contributed by atoms with Gasteiger partial charge in [0.25, 0.3) is 0 Å². The fourth-order valence-corrected chi connectivity index (χ4v) is 2.59. The molecule has 3 N–H and O–H groups in total. The number of hydrogen-bond acceptors (Lipinski definition) is 4. The van der Waals surface area contributed by atoms with E-state index in [0.717, 1.165) is 20.9 Å². The van der Waals surface area contributed by atoms with E-state index in [1.807, 2.05) is 18.5 Å². The summed E-state index contributed by atoms with van der Waals surface area (Å²) in [5.74, 6) is 0. The Morgan fingerprint density at radius 3 is 2.53 bits per heavy atom. The highest BCUT2D eigenvalue weighted by Gasteiger charge is 2.07. The van der Waals surface area contributed by atoms with E-state index in [2.05, 4.69) is 10.3 Å². The highest BCUT2D eigenvalue weighted by atomic mass is 32.2. The lowest BCUT2D eigenvalue weighted by atomic mass is 10.2. The van der Waals surface area contributed by atoms with Crippen LogP contribution in [0.3, 0.4) is 0 Å². The van der Waals surface area contributed by atoms with E-state index in [-0.39, 0.29) is 4.90 Å². The van der Waals surface area contributed by atoms with E-state index >= 15 is 0 Å². The van der Waals surface area contributed by atoms with Crippen LogP contribution in [-0.2, 0) is 10.0 Å². The molecule has 0 aliphatic carbocycles. The summed E-state index contributed by atoms with van der Waals surface area (Å²) in [5.41, 5.74) is 0. The Labute approximate surface area is 109 Å². The Bertz CT molecular complexity index is 966. The molecule has 1 aromatic heterocycles. The lowest BCUT2D eigenvalue weighted by Crippen LogP contribution is -2.15. The largest absolute Gasteiger partial charge is 0.366 e. The van der Waals surface area contributed by atoms with Gasteiger partial charge in [-0.05, 0) is 28.6 Å². The summed E-state index contributed by atoms with van der Waals surface area (Å²) >= 11 is 0. The van der Waals surface area contributed by atoms with Gasteiger partial charge in [0.2, 0.25) is 10.0 Å². The van der Waals surface area contributed by atoms with E-state index in [1.54, 1.807) is 24.5 Å². The van der Waals surface area contributed by atoms with Crippen LogP contribution < -0.4 is 20.9 Å². The average molecular weight is 273 g/mol. The van der Waals surface area contributed by atoms with Gasteiger partial charge in [0.1, 0.15) is 0 Å². The summed E-state index contributed by atoms with van der Waals surface area (Å²) in [7, 11) is -3.72. The minimum atomic E-state index is -3.72. The summed E-state index contributed by atoms with van der Waals surface area (Å²) in [6, 6.07) is 6.64. The van der Waals surface area contributed by atoms with Crippen molar-refractivity contribution in [1.29, 1.82) is 0 Å². The number of aromatic nitrogens is 1. The number of benzene rings is 1. The van der Waals surface area contributed by atoms with Crippen molar-refractivity contribution < 1.29 is 8.42 Å². The summed E-state index contributed by atoms with van der Waals surface area (Å²) in [6.45, 7) is 0. The molecule has 6 heteroatoms. The molecule has 0 spiro atoms. The van der Waals surface area contributed by atoms with Gasteiger partial charge in [-0.25, -0.2) is 13.6 Å². The highest BCUT2D eigenvalue weighted by Crippen LogP contribution is 2.04. The monoisotopic (exact) mass is 273 g/mol. The van der Waals surface area contributed by atoms with Crippen molar-refractivity contribution >= 4 is 22.4 Å². The Kier molecular flexibility index (Phi) is 2.62. The van der Waals surface area contributed by atoms with E-state index in [1.165, 1.54) is 6.07 Å². The zero-order valence-corrected chi connectivity index (χ0v) is 10.7. The Morgan fingerprint density at radius 2 is 1.79 bits per heavy atom. The second-order valence-electron chi connectivity index (χ2n) is 4.21. The quantitative estimate of drug-likeness (QED) is 0.705. The normalized spacial score (nSPS) is 13.1. The van der Waals surface area contributed by atoms with Gasteiger partial charge >= 0.3 is 0 Å². The van der Waals surface area contributed by atoms with Crippen LogP contribution in [0.5, 0.6) is 0 Å². The highest BCUT2D eigenvalue weighted by molar-refractivity contribution is 7.89. The molecule has 96 valence electrons. The van der Waals surface area contributed by atoms with Gasteiger partial charge < -0.3 is 5.32 Å². The smallest absolute Gasteiger partial charge is 0.238 e. The standard InChI is InChI=1S/C13H11N3O2S/c14-19(17,18)11-2-1-9-6-16-7-10-3-4-15-8-13(10)12(9)5-11/h1-8,16H,(H2,14,17,18). The van der Waals surface area contributed by atoms with E-state index in [9.17, 15) is 8.42 Å². The molecule has 1 aliphatic rings. The summed E-state index contributed by atoms with van der Waals surface area (Å²) < 4.78 is 22.9. The molecule has 0 radical (unpaired) electrons. The van der Waals surface area contributed by atoms with Crippen LogP contribution in [0.15, 0.2) is 41.6 Å². The first-order valence-corrected chi connectivity index (χ1v) is 7.14. The Morgan fingerprint density at radius 1 is 1.05 bits per heavy atom. The summed E-state index contributed by atoms with van der Waals surface area (Å²) in [5, 5.41) is 11.7. The number of nitrogens with one attached hydrogen (secondary N) is 1. The first kappa shape index (κ1) is 11.9. The average Bonchev–Trinajstić information content (AvgIpc) is 2.56. The van der Waals surface area contributed by atoms with Crippen LogP contribution in [0.25, 0.3) is 12.4 Å². The molecule has 0 bridgehead atoms. The number of fused-ring (bicyclic) bond motifs is 2. The molecule has 3 rings (SSSR count). The second kappa shape index (κ2) is 4.18. The van der Waals surface area contributed by atoms with E-state index in [4.69, 9.17) is 5.14 Å². The molecular formula is C13H11N3O2S. The van der Waals surface area contributed by atoms with Crippen LogP contribution in [0.1, 0.15) is 0 Å². The van der Waals surface area contributed by atoms with Crippen molar-refractivity contribution in [1.82, 2.24) is 10.3 Å². The maximum atomic E-state index is 11.4. The first-order valence-electron chi connectivity index (χ1n) is 5.59. The van der Waals surface area contributed by atoms with Crippen molar-refractivity contribution in [3.8, 4) is 0 Å². The Balaban J connectivity index is 2.61. The molecule has 0 unspecified atom stereocenters. The first-order chi connectivity index (χ1) is 9.05. The minimum Gasteiger partial charge on any atom is -0.366 e. The molecular weight excluding hydrogens is 262 g/mol. The molecule has 0 saturated carbocycles. The fraction of sp³-hybridized carbons (Fsp3) is 0. The number of pyridine rings is 1. The lowest BCUT2D eigenvalue weighted by Gasteiger charge is -1.98. The number of nitrogens with two attached hydrogens (primary N) is 1. The molecule has 5 nitrogen and oxygen atoms in total. The lowest BCUT2D eigenvalue weighted by molar-refractivity contribution is 0.597. The predicted molar refractivity (Wildman–Crippen MR) is 71.0 cm³/mol. The molecule has 2 aromatic rings. The summed E-state index contributed by atoms with van der Waals surface area (Å²) in [4.78, 5) is 4.18. The van der Waals surface area contributed by atoms with Crippen LogP contribution in [0.2, 0.25) is 0 Å². The van der Waals surface area contributed by atoms with Crippen LogP contribution in [-0.4, -0.2) is 13.4 Å². The molecule has 19 heavy (non-hydrogen) atoms. The molecule has 0 fully saturated rings. The number of nitrogens with zero attached hydrogens (tertiary/aromatic N) is 1. The van der Waals surface area contributed by atoms with Crippen molar-refractivity contribution in [3.63, 3.8) is 0 Å². The van der Waals surface area contributed by atoms with Gasteiger partial charge in [-0.2, -0.15) is 0 Å². The van der Waals surface area contributed by atoms with Gasteiger partial charge in [-0.3, -0.25) is 4.98 Å².